The van der Waals surface area contributed by atoms with E-state index in [1.54, 1.807) is 12.1 Å². The summed E-state index contributed by atoms with van der Waals surface area (Å²) in [5.74, 6) is 0.348. The molecule has 0 saturated carbocycles. The van der Waals surface area contributed by atoms with E-state index in [0.29, 0.717) is 18.2 Å². The molecule has 1 aromatic carbocycles. The summed E-state index contributed by atoms with van der Waals surface area (Å²) >= 11 is 0. The van der Waals surface area contributed by atoms with Gasteiger partial charge in [-0.2, -0.15) is 5.10 Å². The summed E-state index contributed by atoms with van der Waals surface area (Å²) < 4.78 is 15.6. The lowest BCUT2D eigenvalue weighted by atomic mass is 9.96. The van der Waals surface area contributed by atoms with Gasteiger partial charge in [-0.3, -0.25) is 0 Å². The maximum absolute atomic E-state index is 14.2. The van der Waals surface area contributed by atoms with Crippen LogP contribution in [0.5, 0.6) is 0 Å². The predicted molar refractivity (Wildman–Crippen MR) is 93.9 cm³/mol. The second-order valence-electron chi connectivity index (χ2n) is 6.85. The van der Waals surface area contributed by atoms with E-state index in [1.807, 2.05) is 13.0 Å². The lowest BCUT2D eigenvalue weighted by Gasteiger charge is -2.32. The summed E-state index contributed by atoms with van der Waals surface area (Å²) in [4.78, 5) is 6.16. The van der Waals surface area contributed by atoms with Crippen LogP contribution in [-0.4, -0.2) is 57.1 Å². The number of aliphatic hydroxyl groups is 1. The van der Waals surface area contributed by atoms with Crippen LogP contribution in [0.25, 0.3) is 5.69 Å². The van der Waals surface area contributed by atoms with E-state index in [0.717, 1.165) is 44.6 Å². The third kappa shape index (κ3) is 5.07. The summed E-state index contributed by atoms with van der Waals surface area (Å²) in [6, 6.07) is 5.20. The molecule has 0 amide bonds. The van der Waals surface area contributed by atoms with Gasteiger partial charge < -0.3 is 15.3 Å². The molecule has 25 heavy (non-hydrogen) atoms. The average molecular weight is 347 g/mol. The van der Waals surface area contributed by atoms with Crippen LogP contribution in [0.15, 0.2) is 30.9 Å². The molecule has 0 aliphatic carbocycles. The van der Waals surface area contributed by atoms with Crippen molar-refractivity contribution in [2.45, 2.75) is 32.4 Å². The first kappa shape index (κ1) is 18.0. The minimum absolute atomic E-state index is 0.259. The van der Waals surface area contributed by atoms with Crippen LogP contribution < -0.4 is 5.32 Å². The van der Waals surface area contributed by atoms with Gasteiger partial charge in [0.1, 0.15) is 24.2 Å². The Morgan fingerprint density at radius 1 is 1.36 bits per heavy atom. The number of benzene rings is 1. The van der Waals surface area contributed by atoms with E-state index >= 15 is 0 Å². The number of hydrogen-bond acceptors (Lipinski definition) is 5. The molecule has 1 aliphatic heterocycles. The summed E-state index contributed by atoms with van der Waals surface area (Å²) in [7, 11) is 0. The van der Waals surface area contributed by atoms with E-state index in [4.69, 9.17) is 0 Å². The largest absolute Gasteiger partial charge is 0.392 e. The number of halogens is 1. The van der Waals surface area contributed by atoms with E-state index in [2.05, 4.69) is 20.3 Å². The van der Waals surface area contributed by atoms with Crippen LogP contribution in [0.4, 0.5) is 4.39 Å². The SMILES string of the molecule is C[C@@H](O)CN1CCC(CNCc2ccc(-n3cncn3)c(F)c2)CC1. The summed E-state index contributed by atoms with van der Waals surface area (Å²) in [5.41, 5.74) is 1.33. The first-order valence-corrected chi connectivity index (χ1v) is 8.86. The number of likely N-dealkylation sites (tertiary alicyclic amines) is 1. The van der Waals surface area contributed by atoms with Gasteiger partial charge in [0.05, 0.1) is 6.10 Å². The molecule has 1 atom stereocenters. The van der Waals surface area contributed by atoms with Gasteiger partial charge in [-0.1, -0.05) is 6.07 Å². The van der Waals surface area contributed by atoms with Gasteiger partial charge in [-0.05, 0) is 63.0 Å². The number of piperidine rings is 1. The Morgan fingerprint density at radius 3 is 2.80 bits per heavy atom. The van der Waals surface area contributed by atoms with Crippen molar-refractivity contribution in [2.24, 2.45) is 5.92 Å². The van der Waals surface area contributed by atoms with Crippen molar-refractivity contribution in [3.8, 4) is 5.69 Å². The molecule has 1 aromatic heterocycles. The first-order chi connectivity index (χ1) is 12.1. The molecule has 136 valence electrons. The molecule has 1 saturated heterocycles. The Labute approximate surface area is 147 Å². The maximum Gasteiger partial charge on any atom is 0.149 e. The van der Waals surface area contributed by atoms with Crippen molar-refractivity contribution in [1.82, 2.24) is 25.0 Å². The molecule has 1 fully saturated rings. The monoisotopic (exact) mass is 347 g/mol. The van der Waals surface area contributed by atoms with Gasteiger partial charge in [0.25, 0.3) is 0 Å². The standard InChI is InChI=1S/C18H26FN5O/c1-14(25)11-23-6-4-15(5-7-23)9-20-10-16-2-3-18(17(19)8-16)24-13-21-12-22-24/h2-3,8,12-15,20,25H,4-7,9-11H2,1H3/t14-/m1/s1. The molecule has 6 nitrogen and oxygen atoms in total. The van der Waals surface area contributed by atoms with Gasteiger partial charge in [0.2, 0.25) is 0 Å². The number of β-amino-alcohol motifs (C(OH)–C–C–N with tert-alkyl or cyclic N) is 1. The molecule has 3 rings (SSSR count). The van der Waals surface area contributed by atoms with Crippen molar-refractivity contribution < 1.29 is 9.50 Å². The molecule has 2 heterocycles. The molecule has 2 aromatic rings. The smallest absolute Gasteiger partial charge is 0.149 e. The molecule has 0 spiro atoms. The zero-order chi connectivity index (χ0) is 17.6. The second kappa shape index (κ2) is 8.51. The Kier molecular flexibility index (Phi) is 6.12. The number of nitrogens with one attached hydrogen (secondary N) is 1. The molecule has 1 aliphatic rings. The van der Waals surface area contributed by atoms with Gasteiger partial charge in [-0.15, -0.1) is 0 Å². The van der Waals surface area contributed by atoms with Crippen LogP contribution in [0.3, 0.4) is 0 Å². The van der Waals surface area contributed by atoms with Crippen LogP contribution in [0.1, 0.15) is 25.3 Å². The molecular formula is C18H26FN5O. The third-order valence-electron chi connectivity index (χ3n) is 4.67. The Bertz CT molecular complexity index is 653. The fourth-order valence-electron chi connectivity index (χ4n) is 3.35. The molecule has 7 heteroatoms. The number of nitrogens with zero attached hydrogens (tertiary/aromatic N) is 4. The number of hydrogen-bond donors (Lipinski definition) is 2. The normalized spacial score (nSPS) is 17.7. The summed E-state index contributed by atoms with van der Waals surface area (Å²) in [6.07, 6.45) is 4.89. The minimum atomic E-state index is -0.295. The van der Waals surface area contributed by atoms with Crippen molar-refractivity contribution in [3.05, 3.63) is 42.2 Å². The Balaban J connectivity index is 1.43. The first-order valence-electron chi connectivity index (χ1n) is 8.86. The van der Waals surface area contributed by atoms with Crippen LogP contribution in [0.2, 0.25) is 0 Å². The highest BCUT2D eigenvalue weighted by molar-refractivity contribution is 5.35. The number of rotatable bonds is 7. The topological polar surface area (TPSA) is 66.2 Å². The molecular weight excluding hydrogens is 321 g/mol. The molecule has 0 bridgehead atoms. The quantitative estimate of drug-likeness (QED) is 0.796. The summed E-state index contributed by atoms with van der Waals surface area (Å²) in [5, 5.41) is 16.8. The zero-order valence-electron chi connectivity index (χ0n) is 14.6. The van der Waals surface area contributed by atoms with Crippen molar-refractivity contribution in [3.63, 3.8) is 0 Å². The minimum Gasteiger partial charge on any atom is -0.392 e. The van der Waals surface area contributed by atoms with E-state index in [1.165, 1.54) is 17.3 Å². The predicted octanol–water partition coefficient (Wildman–Crippen LogP) is 1.59. The van der Waals surface area contributed by atoms with Crippen LogP contribution in [-0.2, 0) is 6.54 Å². The van der Waals surface area contributed by atoms with Gasteiger partial charge >= 0.3 is 0 Å². The number of aromatic nitrogens is 3. The lowest BCUT2D eigenvalue weighted by molar-refractivity contribution is 0.0998. The van der Waals surface area contributed by atoms with Crippen LogP contribution in [0, 0.1) is 11.7 Å². The van der Waals surface area contributed by atoms with E-state index < -0.39 is 0 Å². The Hall–Kier alpha value is -1.83. The van der Waals surface area contributed by atoms with Crippen molar-refractivity contribution in [1.29, 1.82) is 0 Å². The highest BCUT2D eigenvalue weighted by Gasteiger charge is 2.19. The van der Waals surface area contributed by atoms with E-state index in [-0.39, 0.29) is 11.9 Å². The zero-order valence-corrected chi connectivity index (χ0v) is 14.6. The highest BCUT2D eigenvalue weighted by Crippen LogP contribution is 2.17. The van der Waals surface area contributed by atoms with Gasteiger partial charge in [0.15, 0.2) is 0 Å². The summed E-state index contributed by atoms with van der Waals surface area (Å²) in [6.45, 7) is 6.27. The van der Waals surface area contributed by atoms with Crippen LogP contribution >= 0.6 is 0 Å². The fraction of sp³-hybridized carbons (Fsp3) is 0.556. The number of aliphatic hydroxyl groups excluding tert-OH is 1. The molecule has 0 unspecified atom stereocenters. The average Bonchev–Trinajstić information content (AvgIpc) is 3.10. The fourth-order valence-corrected chi connectivity index (χ4v) is 3.35. The van der Waals surface area contributed by atoms with E-state index in [9.17, 15) is 9.50 Å². The third-order valence-corrected chi connectivity index (χ3v) is 4.67. The van der Waals surface area contributed by atoms with Crippen molar-refractivity contribution >= 4 is 0 Å². The highest BCUT2D eigenvalue weighted by atomic mass is 19.1. The molecule has 0 radical (unpaired) electrons. The second-order valence-corrected chi connectivity index (χ2v) is 6.85. The maximum atomic E-state index is 14.2. The van der Waals surface area contributed by atoms with Gasteiger partial charge in [0, 0.05) is 13.1 Å². The van der Waals surface area contributed by atoms with Crippen molar-refractivity contribution in [2.75, 3.05) is 26.2 Å². The lowest BCUT2D eigenvalue weighted by Crippen LogP contribution is -2.40. The van der Waals surface area contributed by atoms with Gasteiger partial charge in [-0.25, -0.2) is 14.1 Å². The molecule has 2 N–H and O–H groups in total. The Morgan fingerprint density at radius 2 is 2.16 bits per heavy atom.